The summed E-state index contributed by atoms with van der Waals surface area (Å²) < 4.78 is 5.76. The highest BCUT2D eigenvalue weighted by Crippen LogP contribution is 2.35. The number of rotatable bonds is 6. The van der Waals surface area contributed by atoms with E-state index in [2.05, 4.69) is 35.9 Å². The van der Waals surface area contributed by atoms with Crippen LogP contribution in [-0.4, -0.2) is 31.2 Å². The monoisotopic (exact) mass is 266 g/mol. The van der Waals surface area contributed by atoms with Crippen molar-refractivity contribution in [3.05, 3.63) is 18.2 Å². The average Bonchev–Trinajstić information content (AvgIpc) is 2.42. The van der Waals surface area contributed by atoms with E-state index in [0.29, 0.717) is 6.04 Å². The molecule has 1 aromatic rings. The fourth-order valence-electron chi connectivity index (χ4n) is 2.10. The van der Waals surface area contributed by atoms with Crippen molar-refractivity contribution < 1.29 is 4.74 Å². The van der Waals surface area contributed by atoms with Crippen LogP contribution >= 0.6 is 11.8 Å². The van der Waals surface area contributed by atoms with E-state index in [1.807, 2.05) is 17.8 Å². The number of hydrogen-bond acceptors (Lipinski definition) is 4. The first kappa shape index (κ1) is 13.4. The zero-order valence-corrected chi connectivity index (χ0v) is 12.0. The Hall–Kier alpha value is -1.03. The molecule has 1 heterocycles. The van der Waals surface area contributed by atoms with Crippen LogP contribution in [0.25, 0.3) is 0 Å². The fraction of sp³-hybridized carbons (Fsp3) is 0.571. The Balaban J connectivity index is 2.04. The second-order valence-corrected chi connectivity index (χ2v) is 5.52. The van der Waals surface area contributed by atoms with Gasteiger partial charge in [0.05, 0.1) is 12.3 Å². The molecule has 4 heteroatoms. The second-order valence-electron chi connectivity index (χ2n) is 4.53. The van der Waals surface area contributed by atoms with Crippen molar-refractivity contribution in [3.63, 3.8) is 0 Å². The summed E-state index contributed by atoms with van der Waals surface area (Å²) in [7, 11) is 0. The molecule has 1 aromatic carbocycles. The lowest BCUT2D eigenvalue weighted by Gasteiger charge is -2.29. The fourth-order valence-corrected chi connectivity index (χ4v) is 2.62. The van der Waals surface area contributed by atoms with Crippen LogP contribution in [0, 0.1) is 0 Å². The zero-order valence-electron chi connectivity index (χ0n) is 11.2. The summed E-state index contributed by atoms with van der Waals surface area (Å²) in [5.41, 5.74) is 2.28. The Labute approximate surface area is 114 Å². The van der Waals surface area contributed by atoms with Crippen LogP contribution in [-0.2, 0) is 0 Å². The van der Waals surface area contributed by atoms with Crippen molar-refractivity contribution in [1.82, 2.24) is 0 Å². The standard InChI is InChI=1S/C14H22N2OS/c1-3-8-17-13-6-4-5-12-14(13)15-10-11(16-12)7-9-18-2/h4-6,11,15-16H,3,7-10H2,1-2H3. The van der Waals surface area contributed by atoms with E-state index in [4.69, 9.17) is 4.74 Å². The summed E-state index contributed by atoms with van der Waals surface area (Å²) in [5, 5.41) is 7.10. The summed E-state index contributed by atoms with van der Waals surface area (Å²) in [4.78, 5) is 0. The van der Waals surface area contributed by atoms with Crippen LogP contribution in [0.2, 0.25) is 0 Å². The van der Waals surface area contributed by atoms with Crippen molar-refractivity contribution in [1.29, 1.82) is 0 Å². The van der Waals surface area contributed by atoms with Gasteiger partial charge in [0.2, 0.25) is 0 Å². The third-order valence-electron chi connectivity index (χ3n) is 3.04. The molecule has 1 aliphatic rings. The van der Waals surface area contributed by atoms with Gasteiger partial charge in [0, 0.05) is 12.6 Å². The lowest BCUT2D eigenvalue weighted by molar-refractivity contribution is 0.318. The molecule has 0 bridgehead atoms. The molecular formula is C14H22N2OS. The number of para-hydroxylation sites is 1. The van der Waals surface area contributed by atoms with Gasteiger partial charge in [-0.3, -0.25) is 0 Å². The molecule has 18 heavy (non-hydrogen) atoms. The molecule has 2 rings (SSSR count). The minimum Gasteiger partial charge on any atom is -0.491 e. The molecule has 3 nitrogen and oxygen atoms in total. The number of hydrogen-bond donors (Lipinski definition) is 2. The molecular weight excluding hydrogens is 244 g/mol. The highest BCUT2D eigenvalue weighted by Gasteiger charge is 2.19. The molecule has 0 aromatic heterocycles. The van der Waals surface area contributed by atoms with E-state index in [0.717, 1.165) is 31.0 Å². The van der Waals surface area contributed by atoms with Crippen LogP contribution in [0.4, 0.5) is 11.4 Å². The van der Waals surface area contributed by atoms with E-state index >= 15 is 0 Å². The van der Waals surface area contributed by atoms with Crippen LogP contribution in [0.1, 0.15) is 19.8 Å². The predicted octanol–water partition coefficient (Wildman–Crippen LogP) is 3.43. The molecule has 1 atom stereocenters. The number of benzene rings is 1. The quantitative estimate of drug-likeness (QED) is 0.826. The maximum Gasteiger partial charge on any atom is 0.144 e. The first-order valence-corrected chi connectivity index (χ1v) is 7.99. The van der Waals surface area contributed by atoms with Gasteiger partial charge in [-0.15, -0.1) is 0 Å². The number of thioether (sulfide) groups is 1. The second kappa shape index (κ2) is 6.78. The molecule has 0 amide bonds. The Morgan fingerprint density at radius 3 is 3.11 bits per heavy atom. The van der Waals surface area contributed by atoms with Crippen LogP contribution in [0.5, 0.6) is 5.75 Å². The normalized spacial score (nSPS) is 17.6. The minimum atomic E-state index is 0.520. The largest absolute Gasteiger partial charge is 0.491 e. The Bertz CT molecular complexity index is 384. The summed E-state index contributed by atoms with van der Waals surface area (Å²) in [5.74, 6) is 2.16. The highest BCUT2D eigenvalue weighted by molar-refractivity contribution is 7.98. The van der Waals surface area contributed by atoms with Crippen molar-refractivity contribution in [3.8, 4) is 5.75 Å². The van der Waals surface area contributed by atoms with Crippen molar-refractivity contribution in [2.24, 2.45) is 0 Å². The van der Waals surface area contributed by atoms with Gasteiger partial charge in [0.1, 0.15) is 11.4 Å². The molecule has 1 aliphatic heterocycles. The molecule has 0 fully saturated rings. The van der Waals surface area contributed by atoms with E-state index in [-0.39, 0.29) is 0 Å². The van der Waals surface area contributed by atoms with Crippen molar-refractivity contribution >= 4 is 23.1 Å². The first-order valence-electron chi connectivity index (χ1n) is 6.60. The van der Waals surface area contributed by atoms with Gasteiger partial charge in [-0.25, -0.2) is 0 Å². The van der Waals surface area contributed by atoms with Gasteiger partial charge in [0.25, 0.3) is 0 Å². The SMILES string of the molecule is CCCOc1cccc2c1NCC(CCSC)N2. The van der Waals surface area contributed by atoms with E-state index in [1.165, 1.54) is 17.9 Å². The van der Waals surface area contributed by atoms with Crippen molar-refractivity contribution in [2.45, 2.75) is 25.8 Å². The van der Waals surface area contributed by atoms with Gasteiger partial charge < -0.3 is 15.4 Å². The van der Waals surface area contributed by atoms with Crippen molar-refractivity contribution in [2.75, 3.05) is 35.8 Å². The molecule has 100 valence electrons. The van der Waals surface area contributed by atoms with E-state index < -0.39 is 0 Å². The lowest BCUT2D eigenvalue weighted by Crippen LogP contribution is -2.33. The topological polar surface area (TPSA) is 33.3 Å². The summed E-state index contributed by atoms with van der Waals surface area (Å²) in [6.07, 6.45) is 4.38. The Kier molecular flexibility index (Phi) is 5.05. The predicted molar refractivity (Wildman–Crippen MR) is 81.1 cm³/mol. The maximum absolute atomic E-state index is 5.76. The average molecular weight is 266 g/mol. The molecule has 0 radical (unpaired) electrons. The molecule has 0 saturated heterocycles. The van der Waals surface area contributed by atoms with Gasteiger partial charge >= 0.3 is 0 Å². The third kappa shape index (κ3) is 3.25. The molecule has 0 aliphatic carbocycles. The van der Waals surface area contributed by atoms with Crippen LogP contribution in [0.15, 0.2) is 18.2 Å². The van der Waals surface area contributed by atoms with Gasteiger partial charge in [-0.2, -0.15) is 11.8 Å². The Morgan fingerprint density at radius 2 is 2.33 bits per heavy atom. The minimum absolute atomic E-state index is 0.520. The molecule has 2 N–H and O–H groups in total. The van der Waals surface area contributed by atoms with Gasteiger partial charge in [0.15, 0.2) is 0 Å². The zero-order chi connectivity index (χ0) is 12.8. The summed E-state index contributed by atoms with van der Waals surface area (Å²) >= 11 is 1.90. The van der Waals surface area contributed by atoms with Gasteiger partial charge in [-0.1, -0.05) is 13.0 Å². The summed E-state index contributed by atoms with van der Waals surface area (Å²) in [6, 6.07) is 6.72. The third-order valence-corrected chi connectivity index (χ3v) is 3.69. The molecule has 1 unspecified atom stereocenters. The highest BCUT2D eigenvalue weighted by atomic mass is 32.2. The first-order chi connectivity index (χ1) is 8.85. The number of nitrogens with one attached hydrogen (secondary N) is 2. The number of anilines is 2. The van der Waals surface area contributed by atoms with Crippen LogP contribution < -0.4 is 15.4 Å². The van der Waals surface area contributed by atoms with Gasteiger partial charge in [-0.05, 0) is 37.0 Å². The molecule has 0 saturated carbocycles. The smallest absolute Gasteiger partial charge is 0.144 e. The summed E-state index contributed by atoms with van der Waals surface area (Å²) in [6.45, 7) is 3.87. The number of ether oxygens (including phenoxy) is 1. The lowest BCUT2D eigenvalue weighted by atomic mass is 10.1. The van der Waals surface area contributed by atoms with E-state index in [1.54, 1.807) is 0 Å². The number of fused-ring (bicyclic) bond motifs is 1. The molecule has 0 spiro atoms. The van der Waals surface area contributed by atoms with Crippen LogP contribution in [0.3, 0.4) is 0 Å². The van der Waals surface area contributed by atoms with E-state index in [9.17, 15) is 0 Å². The maximum atomic E-state index is 5.76. The Morgan fingerprint density at radius 1 is 1.44 bits per heavy atom.